The summed E-state index contributed by atoms with van der Waals surface area (Å²) in [6.07, 6.45) is 0.908. The molecule has 0 aliphatic carbocycles. The molecule has 0 radical (unpaired) electrons. The van der Waals surface area contributed by atoms with Crippen LogP contribution in [0.4, 0.5) is 8.78 Å². The zero-order valence-electron chi connectivity index (χ0n) is 9.51. The molecule has 0 amide bonds. The molecule has 0 N–H and O–H groups in total. The van der Waals surface area contributed by atoms with Crippen LogP contribution in [0.2, 0.25) is 0 Å². The summed E-state index contributed by atoms with van der Waals surface area (Å²) in [5.74, 6) is -1.01. The second-order valence-electron chi connectivity index (χ2n) is 3.81. The fourth-order valence-electron chi connectivity index (χ4n) is 1.61. The van der Waals surface area contributed by atoms with Gasteiger partial charge in [0.1, 0.15) is 11.6 Å². The standard InChI is InChI=1S/C13H10BrClF2S/c1-2-7-3-4-12(18-7)13(15)8-5-11(17)9(14)6-10(8)16/h3-6,13H,2H2,1H3. The van der Waals surface area contributed by atoms with Crippen LogP contribution >= 0.6 is 38.9 Å². The van der Waals surface area contributed by atoms with E-state index in [0.29, 0.717) is 0 Å². The molecule has 0 saturated heterocycles. The Hall–Kier alpha value is -0.450. The van der Waals surface area contributed by atoms with Crippen LogP contribution in [0, 0.1) is 11.6 Å². The van der Waals surface area contributed by atoms with Crippen molar-refractivity contribution in [2.45, 2.75) is 18.7 Å². The fourth-order valence-corrected chi connectivity index (χ4v) is 3.24. The number of thiophene rings is 1. The van der Waals surface area contributed by atoms with Gasteiger partial charge in [-0.15, -0.1) is 22.9 Å². The van der Waals surface area contributed by atoms with Crippen LogP contribution in [0.25, 0.3) is 0 Å². The zero-order chi connectivity index (χ0) is 13.3. The van der Waals surface area contributed by atoms with Gasteiger partial charge < -0.3 is 0 Å². The van der Waals surface area contributed by atoms with Crippen molar-refractivity contribution in [2.24, 2.45) is 0 Å². The van der Waals surface area contributed by atoms with Gasteiger partial charge >= 0.3 is 0 Å². The van der Waals surface area contributed by atoms with Crippen molar-refractivity contribution in [3.05, 3.63) is 55.7 Å². The second kappa shape index (κ2) is 5.68. The summed E-state index contributed by atoms with van der Waals surface area (Å²) in [6.45, 7) is 2.04. The van der Waals surface area contributed by atoms with E-state index in [1.807, 2.05) is 19.1 Å². The molecule has 0 nitrogen and oxygen atoms in total. The molecule has 2 aromatic rings. The topological polar surface area (TPSA) is 0 Å². The maximum Gasteiger partial charge on any atom is 0.137 e. The minimum Gasteiger partial charge on any atom is -0.207 e. The molecule has 0 aliphatic heterocycles. The highest BCUT2D eigenvalue weighted by Gasteiger charge is 2.19. The normalized spacial score (nSPS) is 12.7. The van der Waals surface area contributed by atoms with E-state index in [0.717, 1.165) is 23.4 Å². The number of benzene rings is 1. The number of alkyl halides is 1. The Morgan fingerprint density at radius 3 is 2.61 bits per heavy atom. The van der Waals surface area contributed by atoms with Gasteiger partial charge in [0.15, 0.2) is 0 Å². The number of aryl methyl sites for hydroxylation is 1. The van der Waals surface area contributed by atoms with E-state index in [9.17, 15) is 8.78 Å². The van der Waals surface area contributed by atoms with Crippen molar-refractivity contribution in [3.63, 3.8) is 0 Å². The Morgan fingerprint density at radius 1 is 1.28 bits per heavy atom. The van der Waals surface area contributed by atoms with Gasteiger partial charge in [-0.25, -0.2) is 8.78 Å². The molecule has 18 heavy (non-hydrogen) atoms. The van der Waals surface area contributed by atoms with Crippen LogP contribution in [0.1, 0.15) is 27.6 Å². The van der Waals surface area contributed by atoms with Crippen LogP contribution in [0.3, 0.4) is 0 Å². The lowest BCUT2D eigenvalue weighted by Crippen LogP contribution is -1.97. The maximum atomic E-state index is 13.8. The van der Waals surface area contributed by atoms with Gasteiger partial charge in [0.05, 0.1) is 9.85 Å². The highest BCUT2D eigenvalue weighted by Crippen LogP contribution is 2.36. The van der Waals surface area contributed by atoms with E-state index in [2.05, 4.69) is 15.9 Å². The lowest BCUT2D eigenvalue weighted by molar-refractivity contribution is 0.582. The molecule has 2 rings (SSSR count). The van der Waals surface area contributed by atoms with E-state index in [4.69, 9.17) is 11.6 Å². The molecular weight excluding hydrogens is 342 g/mol. The van der Waals surface area contributed by atoms with Crippen molar-refractivity contribution in [1.82, 2.24) is 0 Å². The lowest BCUT2D eigenvalue weighted by Gasteiger charge is -2.10. The molecule has 1 aromatic carbocycles. The molecule has 0 spiro atoms. The van der Waals surface area contributed by atoms with E-state index in [1.54, 1.807) is 0 Å². The fraction of sp³-hybridized carbons (Fsp3) is 0.231. The SMILES string of the molecule is CCc1ccc(C(Cl)c2cc(F)c(Br)cc2F)s1. The van der Waals surface area contributed by atoms with Crippen molar-refractivity contribution in [1.29, 1.82) is 0 Å². The highest BCUT2D eigenvalue weighted by molar-refractivity contribution is 9.10. The molecule has 0 saturated carbocycles. The first-order chi connectivity index (χ1) is 8.52. The Kier molecular flexibility index (Phi) is 4.41. The van der Waals surface area contributed by atoms with Crippen LogP contribution in [-0.2, 0) is 6.42 Å². The first kappa shape index (κ1) is 14.0. The molecule has 1 heterocycles. The Bertz CT molecular complexity index is 568. The van der Waals surface area contributed by atoms with Gasteiger partial charge in [-0.05, 0) is 46.6 Å². The quantitative estimate of drug-likeness (QED) is 0.493. The van der Waals surface area contributed by atoms with Gasteiger partial charge in [0.2, 0.25) is 0 Å². The van der Waals surface area contributed by atoms with Gasteiger partial charge in [-0.3, -0.25) is 0 Å². The first-order valence-corrected chi connectivity index (χ1v) is 7.44. The van der Waals surface area contributed by atoms with Crippen LogP contribution in [0.5, 0.6) is 0 Å². The Balaban J connectivity index is 2.39. The summed E-state index contributed by atoms with van der Waals surface area (Å²) < 4.78 is 27.3. The maximum absolute atomic E-state index is 13.8. The summed E-state index contributed by atoms with van der Waals surface area (Å²) >= 11 is 10.7. The van der Waals surface area contributed by atoms with Crippen LogP contribution < -0.4 is 0 Å². The lowest BCUT2D eigenvalue weighted by atomic mass is 10.1. The average Bonchev–Trinajstić information content (AvgIpc) is 2.81. The van der Waals surface area contributed by atoms with E-state index in [-0.39, 0.29) is 10.0 Å². The monoisotopic (exact) mass is 350 g/mol. The number of hydrogen-bond donors (Lipinski definition) is 0. The number of rotatable bonds is 3. The summed E-state index contributed by atoms with van der Waals surface area (Å²) in [5.41, 5.74) is 0.168. The first-order valence-electron chi connectivity index (χ1n) is 5.40. The van der Waals surface area contributed by atoms with E-state index < -0.39 is 17.0 Å². The van der Waals surface area contributed by atoms with Crippen molar-refractivity contribution < 1.29 is 8.78 Å². The predicted octanol–water partition coefficient (Wildman–Crippen LogP) is 5.68. The molecule has 0 bridgehead atoms. The molecule has 0 aliphatic rings. The van der Waals surface area contributed by atoms with Crippen molar-refractivity contribution in [2.75, 3.05) is 0 Å². The third kappa shape index (κ3) is 2.76. The highest BCUT2D eigenvalue weighted by atomic mass is 79.9. The molecule has 1 atom stereocenters. The van der Waals surface area contributed by atoms with Gasteiger partial charge in [-0.2, -0.15) is 0 Å². The van der Waals surface area contributed by atoms with E-state index in [1.165, 1.54) is 16.2 Å². The minimum atomic E-state index is -0.655. The number of hydrogen-bond acceptors (Lipinski definition) is 1. The second-order valence-corrected chi connectivity index (χ2v) is 6.30. The molecule has 1 unspecified atom stereocenters. The summed E-state index contributed by atoms with van der Waals surface area (Å²) in [5, 5.41) is -0.655. The smallest absolute Gasteiger partial charge is 0.137 e. The summed E-state index contributed by atoms with van der Waals surface area (Å²) in [4.78, 5) is 2.00. The zero-order valence-corrected chi connectivity index (χ0v) is 12.7. The predicted molar refractivity (Wildman–Crippen MR) is 75.5 cm³/mol. The largest absolute Gasteiger partial charge is 0.207 e. The molecule has 5 heteroatoms. The van der Waals surface area contributed by atoms with Gasteiger partial charge in [-0.1, -0.05) is 6.92 Å². The van der Waals surface area contributed by atoms with Crippen molar-refractivity contribution >= 4 is 38.9 Å². The minimum absolute atomic E-state index is 0.105. The van der Waals surface area contributed by atoms with Gasteiger partial charge in [0, 0.05) is 15.3 Å². The van der Waals surface area contributed by atoms with Crippen LogP contribution in [0.15, 0.2) is 28.7 Å². The van der Waals surface area contributed by atoms with E-state index >= 15 is 0 Å². The average molecular weight is 352 g/mol. The van der Waals surface area contributed by atoms with Crippen LogP contribution in [-0.4, -0.2) is 0 Å². The van der Waals surface area contributed by atoms with Gasteiger partial charge in [0.25, 0.3) is 0 Å². The molecule has 1 aromatic heterocycles. The summed E-state index contributed by atoms with van der Waals surface area (Å²) in [7, 11) is 0. The number of halogens is 4. The molecule has 96 valence electrons. The third-order valence-corrected chi connectivity index (χ3v) is 5.10. The molecular formula is C13H10BrClF2S. The third-order valence-electron chi connectivity index (χ3n) is 2.59. The Labute approximate surface area is 122 Å². The Morgan fingerprint density at radius 2 is 2.00 bits per heavy atom. The molecule has 0 fully saturated rings. The van der Waals surface area contributed by atoms with Crippen molar-refractivity contribution in [3.8, 4) is 0 Å². The summed E-state index contributed by atoms with van der Waals surface area (Å²) in [6, 6.07) is 6.07.